The summed E-state index contributed by atoms with van der Waals surface area (Å²) in [4.78, 5) is 1.61. The van der Waals surface area contributed by atoms with E-state index in [4.69, 9.17) is 0 Å². The molecule has 0 amide bonds. The van der Waals surface area contributed by atoms with Crippen molar-refractivity contribution in [2.45, 2.75) is 64.7 Å². The van der Waals surface area contributed by atoms with Gasteiger partial charge in [-0.05, 0) is 62.4 Å². The third-order valence-corrected chi connectivity index (χ3v) is 6.29. The highest BCUT2D eigenvalue weighted by Crippen LogP contribution is 2.17. The second-order valence-electron chi connectivity index (χ2n) is 8.59. The molecule has 29 heavy (non-hydrogen) atoms. The molecule has 3 aromatic rings. The number of nitrogens with one attached hydrogen (secondary N) is 1. The van der Waals surface area contributed by atoms with E-state index >= 15 is 0 Å². The number of nitrogens with zero attached hydrogens (tertiary/aromatic N) is 1. The molecule has 0 bridgehead atoms. The minimum absolute atomic E-state index is 0.153. The van der Waals surface area contributed by atoms with Crippen LogP contribution in [0, 0.1) is 12.7 Å². The molecule has 0 aliphatic heterocycles. The first-order valence-corrected chi connectivity index (χ1v) is 11.0. The summed E-state index contributed by atoms with van der Waals surface area (Å²) >= 11 is 0. The average Bonchev–Trinajstić information content (AvgIpc) is 3.16. The summed E-state index contributed by atoms with van der Waals surface area (Å²) in [6, 6.07) is 21.0. The highest BCUT2D eigenvalue weighted by Gasteiger charge is 2.26. The summed E-state index contributed by atoms with van der Waals surface area (Å²) in [5.41, 5.74) is 5.26. The lowest BCUT2D eigenvalue weighted by Gasteiger charge is -2.32. The normalized spacial score (nSPS) is 16.1. The van der Waals surface area contributed by atoms with Crippen molar-refractivity contribution in [3.05, 3.63) is 95.1 Å². The van der Waals surface area contributed by atoms with E-state index in [0.717, 1.165) is 19.6 Å². The first kappa shape index (κ1) is 19.9. The smallest absolute Gasteiger partial charge is 0.123 e. The van der Waals surface area contributed by atoms with Gasteiger partial charge in [0, 0.05) is 18.3 Å². The zero-order chi connectivity index (χ0) is 20.1. The number of hydrogen-bond acceptors (Lipinski definition) is 0. The summed E-state index contributed by atoms with van der Waals surface area (Å²) in [5, 5.41) is 0. The monoisotopic (exact) mass is 391 g/mol. The number of quaternary nitrogens is 1. The van der Waals surface area contributed by atoms with Gasteiger partial charge >= 0.3 is 0 Å². The highest BCUT2D eigenvalue weighted by molar-refractivity contribution is 5.23. The summed E-state index contributed by atoms with van der Waals surface area (Å²) < 4.78 is 15.8. The van der Waals surface area contributed by atoms with Crippen LogP contribution in [0.5, 0.6) is 0 Å². The van der Waals surface area contributed by atoms with Gasteiger partial charge in [0.2, 0.25) is 0 Å². The Morgan fingerprint density at radius 3 is 2.45 bits per heavy atom. The lowest BCUT2D eigenvalue weighted by Crippen LogP contribution is -3.13. The van der Waals surface area contributed by atoms with Crippen molar-refractivity contribution in [1.82, 2.24) is 4.57 Å². The lowest BCUT2D eigenvalue weighted by molar-refractivity contribution is -0.953. The van der Waals surface area contributed by atoms with Gasteiger partial charge in [0.15, 0.2) is 0 Å². The van der Waals surface area contributed by atoms with Crippen LogP contribution in [0.1, 0.15) is 54.5 Å². The molecule has 1 heterocycles. The van der Waals surface area contributed by atoms with E-state index in [0.29, 0.717) is 6.04 Å². The number of aromatic nitrogens is 1. The predicted octanol–water partition coefficient (Wildman–Crippen LogP) is 4.90. The van der Waals surface area contributed by atoms with E-state index in [1.165, 1.54) is 54.5 Å². The zero-order valence-corrected chi connectivity index (χ0v) is 17.4. The molecule has 0 radical (unpaired) electrons. The zero-order valence-electron chi connectivity index (χ0n) is 17.4. The number of halogens is 1. The van der Waals surface area contributed by atoms with Gasteiger partial charge in [-0.15, -0.1) is 0 Å². The largest absolute Gasteiger partial charge is 0.342 e. The maximum atomic E-state index is 13.4. The molecule has 1 unspecified atom stereocenters. The van der Waals surface area contributed by atoms with Gasteiger partial charge in [-0.25, -0.2) is 4.39 Å². The third-order valence-electron chi connectivity index (χ3n) is 6.29. The van der Waals surface area contributed by atoms with Gasteiger partial charge in [0.05, 0.1) is 11.7 Å². The average molecular weight is 392 g/mol. The van der Waals surface area contributed by atoms with E-state index in [1.54, 1.807) is 17.0 Å². The molecule has 1 aliphatic rings. The molecule has 1 aliphatic carbocycles. The van der Waals surface area contributed by atoms with Crippen molar-refractivity contribution in [2.24, 2.45) is 0 Å². The number of hydrogen-bond donors (Lipinski definition) is 1. The molecule has 2 nitrogen and oxygen atoms in total. The minimum Gasteiger partial charge on any atom is -0.342 e. The minimum atomic E-state index is -0.153. The summed E-state index contributed by atoms with van der Waals surface area (Å²) in [7, 11) is 0. The van der Waals surface area contributed by atoms with E-state index in [2.05, 4.69) is 54.1 Å². The number of rotatable bonds is 7. The van der Waals surface area contributed by atoms with E-state index < -0.39 is 0 Å². The first-order valence-electron chi connectivity index (χ1n) is 11.0. The van der Waals surface area contributed by atoms with Crippen molar-refractivity contribution in [3.63, 3.8) is 0 Å². The van der Waals surface area contributed by atoms with Crippen LogP contribution in [0.2, 0.25) is 0 Å². The maximum absolute atomic E-state index is 13.4. The Labute approximate surface area is 174 Å². The van der Waals surface area contributed by atoms with Crippen LogP contribution in [0.3, 0.4) is 0 Å². The van der Waals surface area contributed by atoms with Gasteiger partial charge in [-0.1, -0.05) is 48.4 Å². The third kappa shape index (κ3) is 5.36. The Morgan fingerprint density at radius 2 is 1.69 bits per heavy atom. The Hall–Kier alpha value is -2.39. The Bertz CT molecular complexity index is 906. The Balaban J connectivity index is 1.52. The van der Waals surface area contributed by atoms with Crippen molar-refractivity contribution >= 4 is 0 Å². The maximum Gasteiger partial charge on any atom is 0.123 e. The van der Waals surface area contributed by atoms with Crippen molar-refractivity contribution in [3.8, 4) is 0 Å². The lowest BCUT2D eigenvalue weighted by atomic mass is 9.93. The standard InChI is InChI=1S/C26H31FN2/c1-21-7-5-8-23(17-21)19-28-16-6-11-26(28)20-29(25-9-3-2-4-10-25)18-22-12-14-24(27)15-13-22/h5-8,11-17,25H,2-4,9-10,18-20H2,1H3/p+1. The van der Waals surface area contributed by atoms with Crippen LogP contribution in [0.4, 0.5) is 4.39 Å². The number of aryl methyl sites for hydroxylation is 1. The molecular formula is C26H32FN2+. The van der Waals surface area contributed by atoms with Crippen LogP contribution in [0.25, 0.3) is 0 Å². The molecule has 152 valence electrons. The summed E-state index contributed by atoms with van der Waals surface area (Å²) in [6.07, 6.45) is 8.84. The molecule has 2 aromatic carbocycles. The fraction of sp³-hybridized carbons (Fsp3) is 0.385. The van der Waals surface area contributed by atoms with Crippen LogP contribution in [0.15, 0.2) is 66.9 Å². The second-order valence-corrected chi connectivity index (χ2v) is 8.59. The highest BCUT2D eigenvalue weighted by atomic mass is 19.1. The Morgan fingerprint density at radius 1 is 0.897 bits per heavy atom. The fourth-order valence-electron chi connectivity index (χ4n) is 4.73. The van der Waals surface area contributed by atoms with Crippen LogP contribution in [-0.2, 0) is 19.6 Å². The molecule has 1 fully saturated rings. The molecule has 1 atom stereocenters. The van der Waals surface area contributed by atoms with Crippen LogP contribution >= 0.6 is 0 Å². The SMILES string of the molecule is Cc1cccc(Cn2cccc2C[NH+](Cc2ccc(F)cc2)C2CCCCC2)c1. The van der Waals surface area contributed by atoms with Crippen LogP contribution < -0.4 is 4.90 Å². The van der Waals surface area contributed by atoms with Crippen molar-refractivity contribution in [2.75, 3.05) is 0 Å². The molecule has 1 aromatic heterocycles. The topological polar surface area (TPSA) is 9.37 Å². The number of benzene rings is 2. The molecule has 0 saturated heterocycles. The first-order chi connectivity index (χ1) is 14.2. The second kappa shape index (κ2) is 9.41. The molecular weight excluding hydrogens is 359 g/mol. The van der Waals surface area contributed by atoms with Gasteiger partial charge in [0.25, 0.3) is 0 Å². The molecule has 1 saturated carbocycles. The van der Waals surface area contributed by atoms with Gasteiger partial charge in [-0.3, -0.25) is 0 Å². The quantitative estimate of drug-likeness (QED) is 0.587. The molecule has 1 N–H and O–H groups in total. The summed E-state index contributed by atoms with van der Waals surface area (Å²) in [5.74, 6) is -0.153. The van der Waals surface area contributed by atoms with E-state index in [-0.39, 0.29) is 5.82 Å². The summed E-state index contributed by atoms with van der Waals surface area (Å²) in [6.45, 7) is 5.04. The van der Waals surface area contributed by atoms with E-state index in [9.17, 15) is 4.39 Å². The van der Waals surface area contributed by atoms with Crippen LogP contribution in [-0.4, -0.2) is 10.6 Å². The molecule has 4 rings (SSSR count). The Kier molecular flexibility index (Phi) is 6.46. The predicted molar refractivity (Wildman–Crippen MR) is 116 cm³/mol. The van der Waals surface area contributed by atoms with Crippen molar-refractivity contribution < 1.29 is 9.29 Å². The van der Waals surface area contributed by atoms with Crippen molar-refractivity contribution in [1.29, 1.82) is 0 Å². The van der Waals surface area contributed by atoms with Gasteiger partial charge in [-0.2, -0.15) is 0 Å². The van der Waals surface area contributed by atoms with Gasteiger partial charge in [0.1, 0.15) is 18.9 Å². The van der Waals surface area contributed by atoms with Gasteiger partial charge < -0.3 is 9.47 Å². The molecule has 0 spiro atoms. The van der Waals surface area contributed by atoms with E-state index in [1.807, 2.05) is 12.1 Å². The molecule has 3 heteroatoms. The fourth-order valence-corrected chi connectivity index (χ4v) is 4.73.